The van der Waals surface area contributed by atoms with E-state index in [0.29, 0.717) is 45.1 Å². The summed E-state index contributed by atoms with van der Waals surface area (Å²) in [5.74, 6) is 2.28. The van der Waals surface area contributed by atoms with Gasteiger partial charge < -0.3 is 20.9 Å². The van der Waals surface area contributed by atoms with E-state index in [4.69, 9.17) is 64.6 Å². The fourth-order valence-corrected chi connectivity index (χ4v) is 8.41. The molecule has 0 bridgehead atoms. The Morgan fingerprint density at radius 1 is 0.642 bits per heavy atom. The van der Waals surface area contributed by atoms with Crippen LogP contribution in [0.2, 0.25) is 10.0 Å². The van der Waals surface area contributed by atoms with Crippen molar-refractivity contribution in [1.29, 1.82) is 10.5 Å². The molecule has 4 N–H and O–H groups in total. The van der Waals surface area contributed by atoms with Gasteiger partial charge in [0, 0.05) is 81.9 Å². The molecule has 0 fully saturated rings. The molecule has 17 heteroatoms. The number of pyridine rings is 2. The number of nitriles is 2. The molecule has 6 aromatic heterocycles. The molecule has 2 aromatic carbocycles. The van der Waals surface area contributed by atoms with Crippen molar-refractivity contribution in [3.05, 3.63) is 141 Å². The summed E-state index contributed by atoms with van der Waals surface area (Å²) in [5, 5.41) is 18.8. The van der Waals surface area contributed by atoms with Crippen molar-refractivity contribution in [1.82, 2.24) is 38.7 Å². The number of aromatic nitrogens is 8. The zero-order chi connectivity index (χ0) is 47.7. The molecular weight excluding hydrogens is 891 g/mol. The third-order valence-electron chi connectivity index (χ3n) is 11.0. The van der Waals surface area contributed by atoms with E-state index >= 15 is 4.39 Å². The maximum absolute atomic E-state index is 15.4. The summed E-state index contributed by atoms with van der Waals surface area (Å²) in [6.45, 7) is 17.5. The van der Waals surface area contributed by atoms with Crippen LogP contribution in [0.1, 0.15) is 112 Å². The van der Waals surface area contributed by atoms with E-state index < -0.39 is 5.82 Å². The molecule has 0 radical (unpaired) electrons. The van der Waals surface area contributed by atoms with Crippen molar-refractivity contribution in [3.63, 3.8) is 0 Å². The van der Waals surface area contributed by atoms with Crippen molar-refractivity contribution in [2.45, 2.75) is 93.8 Å². The monoisotopic (exact) mass is 940 g/mol. The lowest BCUT2D eigenvalue weighted by Crippen LogP contribution is -2.13. The lowest BCUT2D eigenvalue weighted by atomic mass is 9.91. The van der Waals surface area contributed by atoms with Gasteiger partial charge in [0.2, 0.25) is 0 Å². The molecule has 14 nitrogen and oxygen atoms in total. The maximum atomic E-state index is 15.4. The number of ether oxygens (including phenoxy) is 2. The van der Waals surface area contributed by atoms with E-state index in [1.54, 1.807) is 43.0 Å². The fourth-order valence-electron chi connectivity index (χ4n) is 7.99. The number of benzene rings is 2. The van der Waals surface area contributed by atoms with Crippen molar-refractivity contribution >= 4 is 45.9 Å². The lowest BCUT2D eigenvalue weighted by Gasteiger charge is -2.24. The minimum absolute atomic E-state index is 0. The highest BCUT2D eigenvalue weighted by Gasteiger charge is 2.29. The zero-order valence-corrected chi connectivity index (χ0v) is 39.3. The molecule has 0 saturated carbocycles. The zero-order valence-electron chi connectivity index (χ0n) is 37.8. The Morgan fingerprint density at radius 3 is 1.46 bits per heavy atom. The Morgan fingerprint density at radius 2 is 1.06 bits per heavy atom. The number of aryl methyl sites for hydroxylation is 2. The van der Waals surface area contributed by atoms with Crippen LogP contribution in [0.4, 0.5) is 16.0 Å². The molecular formula is C50H51Cl2FN12O2. The Balaban J connectivity index is 0.000000218. The van der Waals surface area contributed by atoms with Crippen LogP contribution in [-0.4, -0.2) is 50.9 Å². The highest BCUT2D eigenvalue weighted by molar-refractivity contribution is 6.32. The first-order chi connectivity index (χ1) is 31.4. The fraction of sp³-hybridized carbons (Fsp3) is 0.280. The second-order valence-corrected chi connectivity index (χ2v) is 17.1. The van der Waals surface area contributed by atoms with E-state index in [-0.39, 0.29) is 47.8 Å². The second-order valence-electron chi connectivity index (χ2n) is 16.3. The number of rotatable bonds is 10. The van der Waals surface area contributed by atoms with E-state index in [1.807, 2.05) is 88.6 Å². The van der Waals surface area contributed by atoms with Crippen molar-refractivity contribution in [3.8, 4) is 45.9 Å². The molecule has 0 aliphatic heterocycles. The molecule has 0 spiro atoms. The van der Waals surface area contributed by atoms with Gasteiger partial charge in [0.25, 0.3) is 0 Å². The van der Waals surface area contributed by atoms with Crippen molar-refractivity contribution < 1.29 is 13.9 Å². The highest BCUT2D eigenvalue weighted by Crippen LogP contribution is 2.46. The number of anilines is 2. The number of hydrogen-bond donors (Lipinski definition) is 2. The second kappa shape index (κ2) is 20.0. The van der Waals surface area contributed by atoms with E-state index in [2.05, 4.69) is 32.9 Å². The van der Waals surface area contributed by atoms with E-state index in [0.717, 1.165) is 56.2 Å². The number of hydrogen-bond acceptors (Lipinski definition) is 12. The summed E-state index contributed by atoms with van der Waals surface area (Å²) < 4.78 is 31.8. The third-order valence-corrected chi connectivity index (χ3v) is 11.7. The molecule has 0 amide bonds. The normalized spacial score (nSPS) is 12.0. The molecule has 2 atom stereocenters. The first kappa shape index (κ1) is 49.1. The smallest absolute Gasteiger partial charge is 0.153 e. The predicted molar refractivity (Wildman–Crippen MR) is 261 cm³/mol. The Bertz CT molecular complexity index is 2990. The van der Waals surface area contributed by atoms with Crippen molar-refractivity contribution in [2.75, 3.05) is 11.5 Å². The minimum Gasteiger partial charge on any atom is -0.490 e. The molecule has 8 rings (SSSR count). The number of nitrogens with zero attached hydrogens (tertiary/aromatic N) is 10. The predicted octanol–water partition coefficient (Wildman–Crippen LogP) is 11.4. The van der Waals surface area contributed by atoms with Gasteiger partial charge in [0.15, 0.2) is 5.82 Å². The minimum atomic E-state index is -0.618. The summed E-state index contributed by atoms with van der Waals surface area (Å²) in [4.78, 5) is 26.2. The largest absolute Gasteiger partial charge is 0.490 e. The van der Waals surface area contributed by atoms with Gasteiger partial charge in [-0.15, -0.1) is 0 Å². The summed E-state index contributed by atoms with van der Waals surface area (Å²) in [7, 11) is 0. The molecule has 0 aliphatic carbocycles. The summed E-state index contributed by atoms with van der Waals surface area (Å²) in [6, 6.07) is 14.3. The van der Waals surface area contributed by atoms with Gasteiger partial charge in [0.05, 0.1) is 34.2 Å². The van der Waals surface area contributed by atoms with Gasteiger partial charge in [-0.2, -0.15) is 10.5 Å². The molecule has 0 unspecified atom stereocenters. The van der Waals surface area contributed by atoms with Crippen LogP contribution < -0.4 is 20.9 Å². The molecule has 344 valence electrons. The van der Waals surface area contributed by atoms with Crippen molar-refractivity contribution in [2.24, 2.45) is 0 Å². The van der Waals surface area contributed by atoms with Crippen LogP contribution in [0, 0.1) is 49.3 Å². The average molecular weight is 942 g/mol. The van der Waals surface area contributed by atoms with Crippen LogP contribution in [0.15, 0.2) is 73.6 Å². The highest BCUT2D eigenvalue weighted by atomic mass is 35.5. The van der Waals surface area contributed by atoms with Gasteiger partial charge >= 0.3 is 0 Å². The van der Waals surface area contributed by atoms with Gasteiger partial charge in [-0.25, -0.2) is 34.3 Å². The van der Waals surface area contributed by atoms with Gasteiger partial charge in [-0.3, -0.25) is 8.80 Å². The number of nitrogen functional groups attached to an aromatic ring is 2. The molecule has 6 heterocycles. The maximum Gasteiger partial charge on any atom is 0.153 e. The first-order valence-corrected chi connectivity index (χ1v) is 21.8. The Hall–Kier alpha value is -7.33. The number of nitrogens with two attached hydrogens (primary N) is 2. The standard InChI is InChI=1S/C25H25ClN6O.C24H22ClFN6O.CH4/c1-13(2)33-23-19(14(3)25-31-16(5)22-24(28)29-8-9-32(22)25)10-20(26)15(4)21(23)17-6-7-18(11-27)30-12-17;1-12(2)33-22-17(13(3)24-31-14(4)21-23(28)29-7-8-32(21)24)9-18(25)20(26)19(22)15-5-6-16(10-27)30-11-15;/h6-10,12-14H,1-5H3,(H2,28,29);5-9,11-13H,1-4H3,(H2,28,29);1H4/t14-;13-;/m01./s1. The van der Waals surface area contributed by atoms with Crippen LogP contribution in [0.3, 0.4) is 0 Å². The van der Waals surface area contributed by atoms with Gasteiger partial charge in [-0.1, -0.05) is 44.5 Å². The van der Waals surface area contributed by atoms with Crippen LogP contribution in [0.5, 0.6) is 11.5 Å². The average Bonchev–Trinajstić information content (AvgIpc) is 3.83. The molecule has 8 aromatic rings. The quantitative estimate of drug-likeness (QED) is 0.131. The van der Waals surface area contributed by atoms with Crippen LogP contribution in [-0.2, 0) is 0 Å². The van der Waals surface area contributed by atoms with E-state index in [1.165, 1.54) is 12.3 Å². The number of halogens is 3. The summed E-state index contributed by atoms with van der Waals surface area (Å²) in [5.41, 5.74) is 20.6. The van der Waals surface area contributed by atoms with Gasteiger partial charge in [-0.05, 0) is 90.4 Å². The van der Waals surface area contributed by atoms with Crippen LogP contribution in [0.25, 0.3) is 33.3 Å². The number of imidazole rings is 2. The topological polar surface area (TPSA) is 204 Å². The molecule has 67 heavy (non-hydrogen) atoms. The Kier molecular flexibility index (Phi) is 14.7. The first-order valence-electron chi connectivity index (χ1n) is 21.0. The van der Waals surface area contributed by atoms with E-state index in [9.17, 15) is 0 Å². The Labute approximate surface area is 399 Å². The number of fused-ring (bicyclic) bond motifs is 2. The third kappa shape index (κ3) is 9.52. The summed E-state index contributed by atoms with van der Waals surface area (Å²) >= 11 is 13.1. The summed E-state index contributed by atoms with van der Waals surface area (Å²) in [6.07, 6.45) is 9.74. The SMILES string of the molecule is C.Cc1c(Cl)cc([C@H](C)c2nc(C)c3c(N)nccn23)c(OC(C)C)c1-c1ccc(C#N)nc1.Cc1nc([C@H](C)c2cc(Cl)c(F)c(-c3ccc(C#N)nc3)c2OC(C)C)n2ccnc(N)c12. The van der Waals surface area contributed by atoms with Gasteiger partial charge in [0.1, 0.15) is 69.3 Å². The molecule has 0 saturated heterocycles. The van der Waals surface area contributed by atoms with Crippen LogP contribution >= 0.6 is 23.2 Å². The lowest BCUT2D eigenvalue weighted by molar-refractivity contribution is 0.239. The molecule has 0 aliphatic rings.